The summed E-state index contributed by atoms with van der Waals surface area (Å²) < 4.78 is 10.6. The average molecular weight is 261 g/mol. The first kappa shape index (κ1) is 11.7. The Morgan fingerprint density at radius 3 is 2.88 bits per heavy atom. The van der Waals surface area contributed by atoms with E-state index in [1.807, 2.05) is 0 Å². The summed E-state index contributed by atoms with van der Waals surface area (Å²) in [4.78, 5) is 4.24. The first-order valence-electron chi connectivity index (χ1n) is 4.64. The van der Waals surface area contributed by atoms with Gasteiger partial charge in [0.2, 0.25) is 5.89 Å². The molecule has 0 aliphatic rings. The lowest BCUT2D eigenvalue weighted by molar-refractivity contribution is 0.0878. The van der Waals surface area contributed by atoms with Crippen LogP contribution in [0.3, 0.4) is 0 Å². The summed E-state index contributed by atoms with van der Waals surface area (Å²) in [5, 5.41) is 0.937. The SMILES string of the molecule is COC(CN)c1nc2cc(Cl)cc(Cl)c2o1. The van der Waals surface area contributed by atoms with Crippen molar-refractivity contribution in [2.75, 3.05) is 13.7 Å². The first-order chi connectivity index (χ1) is 7.65. The van der Waals surface area contributed by atoms with Crippen LogP contribution in [-0.2, 0) is 4.74 Å². The van der Waals surface area contributed by atoms with Crippen LogP contribution >= 0.6 is 23.2 Å². The number of ether oxygens (including phenoxy) is 1. The molecule has 2 N–H and O–H groups in total. The molecule has 0 saturated heterocycles. The molecule has 0 amide bonds. The second kappa shape index (κ2) is 4.59. The molecule has 0 fully saturated rings. The van der Waals surface area contributed by atoms with Gasteiger partial charge in [-0.3, -0.25) is 0 Å². The molecule has 1 aromatic heterocycles. The van der Waals surface area contributed by atoms with E-state index in [-0.39, 0.29) is 12.6 Å². The van der Waals surface area contributed by atoms with Crippen molar-refractivity contribution < 1.29 is 9.15 Å². The summed E-state index contributed by atoms with van der Waals surface area (Å²) in [5.41, 5.74) is 6.62. The van der Waals surface area contributed by atoms with Gasteiger partial charge in [0, 0.05) is 18.7 Å². The standard InChI is InChI=1S/C10H10Cl2N2O2/c1-15-8(4-13)10-14-7-3-5(11)2-6(12)9(7)16-10/h2-3,8H,4,13H2,1H3. The van der Waals surface area contributed by atoms with Crippen LogP contribution in [-0.4, -0.2) is 18.6 Å². The van der Waals surface area contributed by atoms with Gasteiger partial charge < -0.3 is 14.9 Å². The van der Waals surface area contributed by atoms with Gasteiger partial charge in [0.1, 0.15) is 11.6 Å². The average Bonchev–Trinajstić information content (AvgIpc) is 2.63. The molecule has 0 aliphatic heterocycles. The molecule has 0 spiro atoms. The maximum absolute atomic E-state index is 5.98. The quantitative estimate of drug-likeness (QED) is 0.922. The van der Waals surface area contributed by atoms with Crippen LogP contribution in [0.4, 0.5) is 0 Å². The third-order valence-electron chi connectivity index (χ3n) is 2.20. The van der Waals surface area contributed by atoms with Crippen molar-refractivity contribution >= 4 is 34.3 Å². The van der Waals surface area contributed by atoms with Crippen molar-refractivity contribution in [2.24, 2.45) is 5.73 Å². The second-order valence-electron chi connectivity index (χ2n) is 3.25. The topological polar surface area (TPSA) is 61.3 Å². The first-order valence-corrected chi connectivity index (χ1v) is 5.39. The van der Waals surface area contributed by atoms with Gasteiger partial charge in [-0.05, 0) is 12.1 Å². The highest BCUT2D eigenvalue weighted by Crippen LogP contribution is 2.30. The molecule has 1 heterocycles. The maximum Gasteiger partial charge on any atom is 0.226 e. The fourth-order valence-electron chi connectivity index (χ4n) is 1.41. The van der Waals surface area contributed by atoms with E-state index < -0.39 is 0 Å². The van der Waals surface area contributed by atoms with Crippen LogP contribution in [0.1, 0.15) is 12.0 Å². The Morgan fingerprint density at radius 2 is 2.25 bits per heavy atom. The highest BCUT2D eigenvalue weighted by atomic mass is 35.5. The summed E-state index contributed by atoms with van der Waals surface area (Å²) >= 11 is 11.8. The number of nitrogens with zero attached hydrogens (tertiary/aromatic N) is 1. The van der Waals surface area contributed by atoms with E-state index >= 15 is 0 Å². The smallest absolute Gasteiger partial charge is 0.226 e. The summed E-state index contributed by atoms with van der Waals surface area (Å²) in [6, 6.07) is 3.28. The number of hydrogen-bond donors (Lipinski definition) is 1. The number of aromatic nitrogens is 1. The van der Waals surface area contributed by atoms with E-state index in [1.165, 1.54) is 0 Å². The number of nitrogens with two attached hydrogens (primary N) is 1. The highest BCUT2D eigenvalue weighted by molar-refractivity contribution is 6.37. The third kappa shape index (κ3) is 2.01. The predicted molar refractivity (Wildman–Crippen MR) is 62.8 cm³/mol. The summed E-state index contributed by atoms with van der Waals surface area (Å²) in [5.74, 6) is 0.407. The zero-order valence-electron chi connectivity index (χ0n) is 8.54. The molecule has 4 nitrogen and oxygen atoms in total. The van der Waals surface area contributed by atoms with Gasteiger partial charge in [0.15, 0.2) is 5.58 Å². The van der Waals surface area contributed by atoms with Crippen molar-refractivity contribution in [3.8, 4) is 0 Å². The molecule has 1 atom stereocenters. The normalized spacial score (nSPS) is 13.2. The molecule has 16 heavy (non-hydrogen) atoms. The van der Waals surface area contributed by atoms with Crippen LogP contribution in [0.5, 0.6) is 0 Å². The fraction of sp³-hybridized carbons (Fsp3) is 0.300. The number of halogens is 2. The monoisotopic (exact) mass is 260 g/mol. The molecule has 1 aromatic carbocycles. The van der Waals surface area contributed by atoms with Gasteiger partial charge in [0.05, 0.1) is 5.02 Å². The van der Waals surface area contributed by atoms with Crippen LogP contribution in [0.25, 0.3) is 11.1 Å². The number of oxazole rings is 1. The molecule has 0 saturated carbocycles. The molecule has 86 valence electrons. The van der Waals surface area contributed by atoms with Gasteiger partial charge >= 0.3 is 0 Å². The lowest BCUT2D eigenvalue weighted by Gasteiger charge is -2.06. The Kier molecular flexibility index (Phi) is 3.35. The Labute approximate surface area is 102 Å². The lowest BCUT2D eigenvalue weighted by atomic mass is 10.3. The molecular weight excluding hydrogens is 251 g/mol. The predicted octanol–water partition coefficient (Wildman–Crippen LogP) is 2.78. The van der Waals surface area contributed by atoms with Gasteiger partial charge in [-0.2, -0.15) is 0 Å². The minimum absolute atomic E-state index is 0.286. The van der Waals surface area contributed by atoms with E-state index in [9.17, 15) is 0 Å². The molecule has 0 bridgehead atoms. The summed E-state index contributed by atoms with van der Waals surface area (Å²) in [6.07, 6.45) is -0.373. The fourth-order valence-corrected chi connectivity index (χ4v) is 1.93. The number of hydrogen-bond acceptors (Lipinski definition) is 4. The molecule has 2 rings (SSSR count). The van der Waals surface area contributed by atoms with Crippen LogP contribution in [0.15, 0.2) is 16.5 Å². The Morgan fingerprint density at radius 1 is 1.50 bits per heavy atom. The van der Waals surface area contributed by atoms with Gasteiger partial charge in [0.25, 0.3) is 0 Å². The van der Waals surface area contributed by atoms with E-state index in [0.29, 0.717) is 27.0 Å². The Balaban J connectivity index is 2.55. The molecule has 0 radical (unpaired) electrons. The van der Waals surface area contributed by atoms with E-state index in [4.69, 9.17) is 38.1 Å². The van der Waals surface area contributed by atoms with E-state index in [0.717, 1.165) is 0 Å². The largest absolute Gasteiger partial charge is 0.436 e. The van der Waals surface area contributed by atoms with Crippen LogP contribution in [0, 0.1) is 0 Å². The van der Waals surface area contributed by atoms with Crippen molar-refractivity contribution in [1.82, 2.24) is 4.98 Å². The molecule has 0 aliphatic carbocycles. The Bertz CT molecular complexity index is 509. The van der Waals surface area contributed by atoms with Crippen molar-refractivity contribution in [1.29, 1.82) is 0 Å². The number of fused-ring (bicyclic) bond motifs is 1. The van der Waals surface area contributed by atoms with Crippen LogP contribution in [0.2, 0.25) is 10.0 Å². The molecule has 1 unspecified atom stereocenters. The van der Waals surface area contributed by atoms with Gasteiger partial charge in [-0.15, -0.1) is 0 Å². The zero-order valence-corrected chi connectivity index (χ0v) is 10.0. The Hall–Kier alpha value is -0.810. The van der Waals surface area contributed by atoms with Crippen molar-refractivity contribution in [3.05, 3.63) is 28.1 Å². The molecular formula is C10H10Cl2N2O2. The van der Waals surface area contributed by atoms with E-state index in [2.05, 4.69) is 4.98 Å². The van der Waals surface area contributed by atoms with Gasteiger partial charge in [-0.1, -0.05) is 23.2 Å². The highest BCUT2D eigenvalue weighted by Gasteiger charge is 2.17. The van der Waals surface area contributed by atoms with Crippen molar-refractivity contribution in [3.63, 3.8) is 0 Å². The van der Waals surface area contributed by atoms with Crippen molar-refractivity contribution in [2.45, 2.75) is 6.10 Å². The third-order valence-corrected chi connectivity index (χ3v) is 2.70. The second-order valence-corrected chi connectivity index (χ2v) is 4.09. The zero-order chi connectivity index (χ0) is 11.7. The van der Waals surface area contributed by atoms with Crippen LogP contribution < -0.4 is 5.73 Å². The summed E-state index contributed by atoms with van der Waals surface area (Å²) in [6.45, 7) is 0.286. The lowest BCUT2D eigenvalue weighted by Crippen LogP contribution is -2.14. The number of methoxy groups -OCH3 is 1. The minimum atomic E-state index is -0.373. The number of rotatable bonds is 3. The minimum Gasteiger partial charge on any atom is -0.436 e. The molecule has 2 aromatic rings. The van der Waals surface area contributed by atoms with Gasteiger partial charge in [-0.25, -0.2) is 4.98 Å². The van der Waals surface area contributed by atoms with E-state index in [1.54, 1.807) is 19.2 Å². The maximum atomic E-state index is 5.98. The number of benzene rings is 1. The summed E-state index contributed by atoms with van der Waals surface area (Å²) in [7, 11) is 1.54. The molecule has 6 heteroatoms.